The van der Waals surface area contributed by atoms with Crippen LogP contribution >= 0.6 is 0 Å². The van der Waals surface area contributed by atoms with Crippen LogP contribution in [-0.2, 0) is 4.74 Å². The van der Waals surface area contributed by atoms with Gasteiger partial charge in [0.05, 0.1) is 12.8 Å². The van der Waals surface area contributed by atoms with Crippen molar-refractivity contribution in [2.24, 2.45) is 0 Å². The lowest BCUT2D eigenvalue weighted by Crippen LogP contribution is -2.23. The number of carbonyl (C=O) groups is 2. The monoisotopic (exact) mass is 303 g/mol. The van der Waals surface area contributed by atoms with E-state index in [1.54, 1.807) is 24.3 Å². The first-order chi connectivity index (χ1) is 10.7. The number of unbranched alkanes of at least 4 members (excludes halogenated alkanes) is 1. The summed E-state index contributed by atoms with van der Waals surface area (Å²) in [6, 6.07) is 10.1. The number of hydrogen-bond acceptors (Lipinski definition) is 5. The van der Waals surface area contributed by atoms with Gasteiger partial charge in [-0.25, -0.2) is 9.59 Å². The Kier molecular flexibility index (Phi) is 5.53. The topological polar surface area (TPSA) is 82.5 Å². The highest BCUT2D eigenvalue weighted by Crippen LogP contribution is 2.11. The minimum absolute atomic E-state index is 0.183. The minimum Gasteiger partial charge on any atom is -0.448 e. The Morgan fingerprint density at radius 1 is 1.23 bits per heavy atom. The molecule has 0 aliphatic heterocycles. The van der Waals surface area contributed by atoms with Crippen molar-refractivity contribution in [2.75, 3.05) is 11.9 Å². The summed E-state index contributed by atoms with van der Waals surface area (Å²) in [5, 5.41) is 6.28. The van der Waals surface area contributed by atoms with Crippen LogP contribution in [0.5, 0.6) is 5.75 Å². The van der Waals surface area contributed by atoms with E-state index in [9.17, 15) is 9.59 Å². The lowest BCUT2D eigenvalue weighted by atomic mass is 10.3. The number of hydrogen-bond donors (Lipinski definition) is 1. The Labute approximate surface area is 127 Å². The molecule has 0 aliphatic carbocycles. The smallest absolute Gasteiger partial charge is 0.436 e. The maximum Gasteiger partial charge on any atom is 0.436 e. The van der Waals surface area contributed by atoms with E-state index in [2.05, 4.69) is 10.4 Å². The molecule has 0 fully saturated rings. The van der Waals surface area contributed by atoms with Crippen LogP contribution in [0.1, 0.15) is 19.8 Å². The molecule has 116 valence electrons. The molecule has 0 saturated heterocycles. The zero-order chi connectivity index (χ0) is 15.8. The molecule has 1 aromatic heterocycles. The van der Waals surface area contributed by atoms with Crippen LogP contribution in [0.2, 0.25) is 0 Å². The number of benzene rings is 1. The third-order valence-electron chi connectivity index (χ3n) is 2.72. The predicted octanol–water partition coefficient (Wildman–Crippen LogP) is 3.28. The van der Waals surface area contributed by atoms with Gasteiger partial charge in [-0.2, -0.15) is 5.10 Å². The average Bonchev–Trinajstić information content (AvgIpc) is 2.96. The van der Waals surface area contributed by atoms with Crippen LogP contribution in [0.15, 0.2) is 42.6 Å². The van der Waals surface area contributed by atoms with Crippen molar-refractivity contribution in [1.29, 1.82) is 0 Å². The summed E-state index contributed by atoms with van der Waals surface area (Å²) in [7, 11) is 0. The van der Waals surface area contributed by atoms with Gasteiger partial charge in [-0.1, -0.05) is 31.5 Å². The molecular formula is C15H17N3O4. The first kappa shape index (κ1) is 15.6. The van der Waals surface area contributed by atoms with Gasteiger partial charge in [-0.05, 0) is 18.6 Å². The normalized spacial score (nSPS) is 10.0. The standard InChI is InChI=1S/C15H17N3O4/c1-2-3-11-21-15(20)18-13(9-10-16-18)17-14(19)22-12-7-5-4-6-8-12/h4-10H,2-3,11H2,1H3,(H,17,19). The van der Waals surface area contributed by atoms with Crippen molar-refractivity contribution in [1.82, 2.24) is 9.78 Å². The summed E-state index contributed by atoms with van der Waals surface area (Å²) in [5.74, 6) is 0.582. The summed E-state index contributed by atoms with van der Waals surface area (Å²) in [4.78, 5) is 23.6. The van der Waals surface area contributed by atoms with E-state index in [0.29, 0.717) is 12.4 Å². The second-order valence-electron chi connectivity index (χ2n) is 4.42. The molecular weight excluding hydrogens is 286 g/mol. The Bertz CT molecular complexity index is 625. The molecule has 0 radical (unpaired) electrons. The summed E-state index contributed by atoms with van der Waals surface area (Å²) in [5.41, 5.74) is 0. The highest BCUT2D eigenvalue weighted by atomic mass is 16.6. The molecule has 0 bridgehead atoms. The van der Waals surface area contributed by atoms with E-state index in [-0.39, 0.29) is 5.82 Å². The first-order valence-corrected chi connectivity index (χ1v) is 6.95. The molecule has 2 aromatic rings. The number of amides is 1. The zero-order valence-electron chi connectivity index (χ0n) is 12.2. The third-order valence-corrected chi connectivity index (χ3v) is 2.72. The number of nitrogens with zero attached hydrogens (tertiary/aromatic N) is 2. The Morgan fingerprint density at radius 3 is 2.73 bits per heavy atom. The summed E-state index contributed by atoms with van der Waals surface area (Å²) in [6.07, 6.45) is 1.72. The number of aromatic nitrogens is 2. The van der Waals surface area contributed by atoms with Crippen LogP contribution in [0.3, 0.4) is 0 Å². The van der Waals surface area contributed by atoms with Gasteiger partial charge in [0, 0.05) is 6.07 Å². The Balaban J connectivity index is 1.94. The SMILES string of the molecule is CCCCOC(=O)n1nccc1NC(=O)Oc1ccccc1. The molecule has 7 nitrogen and oxygen atoms in total. The van der Waals surface area contributed by atoms with Gasteiger partial charge in [0.1, 0.15) is 11.6 Å². The van der Waals surface area contributed by atoms with Gasteiger partial charge in [0.2, 0.25) is 0 Å². The molecule has 1 heterocycles. The molecule has 2 rings (SSSR count). The van der Waals surface area contributed by atoms with Crippen molar-refractivity contribution in [3.63, 3.8) is 0 Å². The van der Waals surface area contributed by atoms with Crippen molar-refractivity contribution in [3.05, 3.63) is 42.6 Å². The van der Waals surface area contributed by atoms with Gasteiger partial charge in [0.15, 0.2) is 0 Å². The molecule has 1 aromatic carbocycles. The van der Waals surface area contributed by atoms with Gasteiger partial charge in [0.25, 0.3) is 0 Å². The molecule has 0 aliphatic rings. The lowest BCUT2D eigenvalue weighted by molar-refractivity contribution is 0.143. The summed E-state index contributed by atoms with van der Waals surface area (Å²) < 4.78 is 11.1. The molecule has 0 atom stereocenters. The van der Waals surface area contributed by atoms with E-state index in [1.807, 2.05) is 13.0 Å². The van der Waals surface area contributed by atoms with Crippen LogP contribution in [-0.4, -0.2) is 28.6 Å². The van der Waals surface area contributed by atoms with Crippen molar-refractivity contribution < 1.29 is 19.1 Å². The van der Waals surface area contributed by atoms with E-state index in [1.165, 1.54) is 12.3 Å². The quantitative estimate of drug-likeness (QED) is 0.857. The average molecular weight is 303 g/mol. The molecule has 22 heavy (non-hydrogen) atoms. The number of anilines is 1. The second-order valence-corrected chi connectivity index (χ2v) is 4.42. The molecule has 0 spiro atoms. The highest BCUT2D eigenvalue weighted by Gasteiger charge is 2.15. The number of ether oxygens (including phenoxy) is 2. The first-order valence-electron chi connectivity index (χ1n) is 6.95. The molecule has 0 saturated carbocycles. The third kappa shape index (κ3) is 4.34. The van der Waals surface area contributed by atoms with Crippen molar-refractivity contribution >= 4 is 18.0 Å². The number of para-hydroxylation sites is 1. The maximum absolute atomic E-state index is 11.8. The van der Waals surface area contributed by atoms with Gasteiger partial charge in [-0.3, -0.25) is 5.32 Å². The van der Waals surface area contributed by atoms with Crippen LogP contribution in [0, 0.1) is 0 Å². The van der Waals surface area contributed by atoms with E-state index in [4.69, 9.17) is 9.47 Å². The highest BCUT2D eigenvalue weighted by molar-refractivity contribution is 5.87. The van der Waals surface area contributed by atoms with Crippen molar-refractivity contribution in [3.8, 4) is 5.75 Å². The van der Waals surface area contributed by atoms with E-state index in [0.717, 1.165) is 17.5 Å². The number of rotatable bonds is 5. The fourth-order valence-corrected chi connectivity index (χ4v) is 1.63. The summed E-state index contributed by atoms with van der Waals surface area (Å²) in [6.45, 7) is 2.30. The van der Waals surface area contributed by atoms with Crippen LogP contribution in [0.25, 0.3) is 0 Å². The predicted molar refractivity (Wildman–Crippen MR) is 80.0 cm³/mol. The van der Waals surface area contributed by atoms with Crippen LogP contribution in [0.4, 0.5) is 15.4 Å². The maximum atomic E-state index is 11.8. The fourth-order valence-electron chi connectivity index (χ4n) is 1.63. The number of carbonyl (C=O) groups excluding carboxylic acids is 2. The molecule has 0 unspecified atom stereocenters. The minimum atomic E-state index is -0.714. The van der Waals surface area contributed by atoms with Gasteiger partial charge >= 0.3 is 12.2 Å². The van der Waals surface area contributed by atoms with E-state index < -0.39 is 12.2 Å². The Hall–Kier alpha value is -2.83. The zero-order valence-corrected chi connectivity index (χ0v) is 12.2. The second kappa shape index (κ2) is 7.82. The van der Waals surface area contributed by atoms with Crippen molar-refractivity contribution in [2.45, 2.75) is 19.8 Å². The van der Waals surface area contributed by atoms with Gasteiger partial charge < -0.3 is 9.47 Å². The number of nitrogens with one attached hydrogen (secondary N) is 1. The largest absolute Gasteiger partial charge is 0.448 e. The summed E-state index contributed by atoms with van der Waals surface area (Å²) >= 11 is 0. The van der Waals surface area contributed by atoms with E-state index >= 15 is 0 Å². The lowest BCUT2D eigenvalue weighted by Gasteiger charge is -2.08. The Morgan fingerprint density at radius 2 is 2.00 bits per heavy atom. The van der Waals surface area contributed by atoms with Crippen LogP contribution < -0.4 is 10.1 Å². The molecule has 1 N–H and O–H groups in total. The fraction of sp³-hybridized carbons (Fsp3) is 0.267. The molecule has 7 heteroatoms. The van der Waals surface area contributed by atoms with Gasteiger partial charge in [-0.15, -0.1) is 4.68 Å². The molecule has 1 amide bonds.